The Kier molecular flexibility index (Phi) is 10.3. The van der Waals surface area contributed by atoms with Crippen LogP contribution in [0.1, 0.15) is 30.4 Å². The van der Waals surface area contributed by atoms with Crippen LogP contribution in [-0.4, -0.2) is 91.3 Å². The zero-order valence-electron chi connectivity index (χ0n) is 22.3. The number of methoxy groups -OCH3 is 1. The van der Waals surface area contributed by atoms with Crippen molar-refractivity contribution in [2.75, 3.05) is 46.5 Å². The summed E-state index contributed by atoms with van der Waals surface area (Å²) in [6.45, 7) is 1.09. The number of likely N-dealkylation sites (tertiary alicyclic amines) is 1. The third-order valence-electron chi connectivity index (χ3n) is 6.94. The molecule has 1 fully saturated rings. The van der Waals surface area contributed by atoms with Crippen LogP contribution in [0.5, 0.6) is 11.5 Å². The number of benzene rings is 2. The van der Waals surface area contributed by atoms with Gasteiger partial charge in [0.05, 0.1) is 25.3 Å². The van der Waals surface area contributed by atoms with Crippen molar-refractivity contribution < 1.29 is 33.7 Å². The van der Waals surface area contributed by atoms with Gasteiger partial charge in [-0.25, -0.2) is 0 Å². The summed E-state index contributed by atoms with van der Waals surface area (Å²) < 4.78 is 17.3. The summed E-state index contributed by atoms with van der Waals surface area (Å²) in [6.07, 6.45) is 1.32. The number of fused-ring (bicyclic) bond motifs is 9. The Morgan fingerprint density at radius 3 is 2.69 bits per heavy atom. The molecule has 3 aliphatic heterocycles. The Balaban J connectivity index is 1.57. The van der Waals surface area contributed by atoms with Gasteiger partial charge in [0.15, 0.2) is 0 Å². The number of rotatable bonds is 5. The SMILES string of the molecule is COCC(=O)N1CC[C@@H]2OCc3cccc(c3)Oc3ccc(cc3)CCC(=O)N(CCCO)CC(=O)N[C@H]2C1. The molecule has 10 nitrogen and oxygen atoms in total. The molecule has 5 rings (SSSR count). The fourth-order valence-corrected chi connectivity index (χ4v) is 4.86. The number of nitrogens with one attached hydrogen (secondary N) is 1. The average molecular weight is 540 g/mol. The van der Waals surface area contributed by atoms with Gasteiger partial charge in [-0.2, -0.15) is 0 Å². The highest BCUT2D eigenvalue weighted by molar-refractivity contribution is 5.85. The zero-order chi connectivity index (χ0) is 27.6. The highest BCUT2D eigenvalue weighted by Gasteiger charge is 2.33. The normalized spacial score (nSPS) is 20.8. The molecule has 1 saturated heterocycles. The largest absolute Gasteiger partial charge is 0.457 e. The van der Waals surface area contributed by atoms with Crippen molar-refractivity contribution in [3.05, 3.63) is 59.7 Å². The van der Waals surface area contributed by atoms with Crippen LogP contribution in [0.3, 0.4) is 0 Å². The maximum Gasteiger partial charge on any atom is 0.248 e. The second-order valence-electron chi connectivity index (χ2n) is 9.87. The van der Waals surface area contributed by atoms with E-state index < -0.39 is 6.04 Å². The molecule has 0 spiro atoms. The molecule has 39 heavy (non-hydrogen) atoms. The molecule has 0 aromatic heterocycles. The fourth-order valence-electron chi connectivity index (χ4n) is 4.86. The minimum atomic E-state index is -0.460. The molecular weight excluding hydrogens is 502 g/mol. The number of amides is 3. The van der Waals surface area contributed by atoms with E-state index in [4.69, 9.17) is 14.2 Å². The number of ether oxygens (including phenoxy) is 3. The van der Waals surface area contributed by atoms with Gasteiger partial charge >= 0.3 is 0 Å². The maximum atomic E-state index is 13.2. The summed E-state index contributed by atoms with van der Waals surface area (Å²) in [5.74, 6) is 0.715. The first kappa shape index (κ1) is 28.5. The van der Waals surface area contributed by atoms with Crippen LogP contribution in [0, 0.1) is 0 Å². The number of piperidine rings is 1. The second kappa shape index (κ2) is 14.1. The minimum Gasteiger partial charge on any atom is -0.457 e. The third kappa shape index (κ3) is 8.26. The number of nitrogens with zero attached hydrogens (tertiary/aromatic N) is 2. The molecular formula is C29H37N3O7. The molecule has 3 amide bonds. The quantitative estimate of drug-likeness (QED) is 0.596. The topological polar surface area (TPSA) is 118 Å². The van der Waals surface area contributed by atoms with E-state index in [0.717, 1.165) is 11.1 Å². The van der Waals surface area contributed by atoms with Crippen molar-refractivity contribution in [2.45, 2.75) is 44.4 Å². The molecule has 4 bridgehead atoms. The standard InChI is InChI=1S/C29H37N3O7/c1-37-20-29(36)32-14-12-26-25(17-32)30-27(34)18-31(13-3-15-33)28(35)11-8-21-6-9-23(10-7-21)39-24-5-2-4-22(16-24)19-38-26/h2,4-7,9-10,16,25-26,33H,3,8,11-15,17-20H2,1H3,(H,30,34)/t25-,26-/m0/s1. The van der Waals surface area contributed by atoms with Crippen molar-refractivity contribution in [2.24, 2.45) is 0 Å². The highest BCUT2D eigenvalue weighted by atomic mass is 16.5. The number of aliphatic hydroxyl groups is 1. The molecule has 3 aliphatic rings. The van der Waals surface area contributed by atoms with E-state index in [2.05, 4.69) is 5.32 Å². The van der Waals surface area contributed by atoms with Gasteiger partial charge in [0, 0.05) is 39.8 Å². The van der Waals surface area contributed by atoms with Gasteiger partial charge in [-0.15, -0.1) is 0 Å². The molecule has 0 unspecified atom stereocenters. The summed E-state index contributed by atoms with van der Waals surface area (Å²) >= 11 is 0. The first-order chi connectivity index (χ1) is 18.9. The van der Waals surface area contributed by atoms with Gasteiger partial charge in [0.25, 0.3) is 0 Å². The van der Waals surface area contributed by atoms with E-state index in [1.54, 1.807) is 4.90 Å². The lowest BCUT2D eigenvalue weighted by Gasteiger charge is -2.39. The fraction of sp³-hybridized carbons (Fsp3) is 0.483. The smallest absolute Gasteiger partial charge is 0.248 e. The van der Waals surface area contributed by atoms with Gasteiger partial charge in [0.1, 0.15) is 18.1 Å². The van der Waals surface area contributed by atoms with Gasteiger partial charge in [-0.05, 0) is 54.7 Å². The maximum absolute atomic E-state index is 13.2. The van der Waals surface area contributed by atoms with E-state index in [1.807, 2.05) is 48.5 Å². The Labute approximate surface area is 228 Å². The van der Waals surface area contributed by atoms with Crippen molar-refractivity contribution in [1.29, 1.82) is 0 Å². The summed E-state index contributed by atoms with van der Waals surface area (Å²) in [4.78, 5) is 41.9. The first-order valence-corrected chi connectivity index (χ1v) is 13.4. The number of aliphatic hydroxyl groups excluding tert-OH is 1. The van der Waals surface area contributed by atoms with Crippen LogP contribution in [-0.2, 0) is 36.9 Å². The van der Waals surface area contributed by atoms with E-state index in [9.17, 15) is 19.5 Å². The zero-order valence-corrected chi connectivity index (χ0v) is 22.3. The van der Waals surface area contributed by atoms with Gasteiger partial charge in [0.2, 0.25) is 17.7 Å². The highest BCUT2D eigenvalue weighted by Crippen LogP contribution is 2.24. The van der Waals surface area contributed by atoms with Crippen LogP contribution < -0.4 is 10.1 Å². The summed E-state index contributed by atoms with van der Waals surface area (Å²) in [6, 6.07) is 14.8. The van der Waals surface area contributed by atoms with E-state index in [0.29, 0.717) is 43.9 Å². The van der Waals surface area contributed by atoms with Crippen LogP contribution in [0.25, 0.3) is 0 Å². The molecule has 10 heteroatoms. The van der Waals surface area contributed by atoms with E-state index in [-0.39, 0.29) is 63.1 Å². The van der Waals surface area contributed by atoms with Crippen molar-refractivity contribution in [1.82, 2.24) is 15.1 Å². The number of aryl methyl sites for hydroxylation is 1. The van der Waals surface area contributed by atoms with Crippen molar-refractivity contribution in [3.63, 3.8) is 0 Å². The van der Waals surface area contributed by atoms with E-state index >= 15 is 0 Å². The molecule has 2 atom stereocenters. The number of carbonyl (C=O) groups is 3. The Morgan fingerprint density at radius 2 is 1.92 bits per heavy atom. The molecule has 2 aromatic carbocycles. The van der Waals surface area contributed by atoms with Crippen LogP contribution in [0.15, 0.2) is 48.5 Å². The Hall–Kier alpha value is -3.47. The predicted octanol–water partition coefficient (Wildman–Crippen LogP) is 1.88. The first-order valence-electron chi connectivity index (χ1n) is 13.4. The monoisotopic (exact) mass is 539 g/mol. The number of hydrogen-bond donors (Lipinski definition) is 2. The lowest BCUT2D eigenvalue weighted by Crippen LogP contribution is -2.58. The molecule has 0 saturated carbocycles. The van der Waals surface area contributed by atoms with Crippen LogP contribution in [0.4, 0.5) is 0 Å². The van der Waals surface area contributed by atoms with Gasteiger partial charge in [-0.1, -0.05) is 24.3 Å². The lowest BCUT2D eigenvalue weighted by molar-refractivity contribution is -0.141. The number of carbonyl (C=O) groups excluding carboxylic acids is 3. The molecule has 0 aliphatic carbocycles. The van der Waals surface area contributed by atoms with Crippen molar-refractivity contribution in [3.8, 4) is 11.5 Å². The van der Waals surface area contributed by atoms with Crippen molar-refractivity contribution >= 4 is 17.7 Å². The van der Waals surface area contributed by atoms with E-state index in [1.165, 1.54) is 12.0 Å². The second-order valence-corrected chi connectivity index (χ2v) is 9.87. The third-order valence-corrected chi connectivity index (χ3v) is 6.94. The van der Waals surface area contributed by atoms with Crippen LogP contribution in [0.2, 0.25) is 0 Å². The summed E-state index contributed by atoms with van der Waals surface area (Å²) in [7, 11) is 1.47. The predicted molar refractivity (Wildman–Crippen MR) is 143 cm³/mol. The summed E-state index contributed by atoms with van der Waals surface area (Å²) in [5, 5.41) is 12.3. The minimum absolute atomic E-state index is 0.0376. The molecule has 2 N–H and O–H groups in total. The Morgan fingerprint density at radius 1 is 1.10 bits per heavy atom. The van der Waals surface area contributed by atoms with Gasteiger partial charge < -0.3 is 34.4 Å². The summed E-state index contributed by atoms with van der Waals surface area (Å²) in [5.41, 5.74) is 1.90. The lowest BCUT2D eigenvalue weighted by atomic mass is 10.0. The van der Waals surface area contributed by atoms with Gasteiger partial charge in [-0.3, -0.25) is 14.4 Å². The molecule has 2 aromatic rings. The average Bonchev–Trinajstić information content (AvgIpc) is 2.94. The molecule has 210 valence electrons. The van der Waals surface area contributed by atoms with Crippen LogP contribution >= 0.6 is 0 Å². The number of hydrogen-bond acceptors (Lipinski definition) is 7. The Bertz CT molecular complexity index is 1120. The molecule has 0 radical (unpaired) electrons. The molecule has 3 heterocycles.